The lowest BCUT2D eigenvalue weighted by Gasteiger charge is -2.37. The Balaban J connectivity index is 1.42. The van der Waals surface area contributed by atoms with Crippen molar-refractivity contribution >= 4 is 0 Å². The molecule has 1 aromatic rings. The molecule has 2 fully saturated rings. The van der Waals surface area contributed by atoms with Crippen molar-refractivity contribution < 1.29 is 9.47 Å². The summed E-state index contributed by atoms with van der Waals surface area (Å²) in [7, 11) is 0. The fraction of sp³-hybridized carbons (Fsp3) is 0.818. The van der Waals surface area contributed by atoms with Gasteiger partial charge in [-0.2, -0.15) is 0 Å². The lowest BCUT2D eigenvalue weighted by atomic mass is 9.81. The quantitative estimate of drug-likeness (QED) is 0.592. The van der Waals surface area contributed by atoms with E-state index in [1.165, 1.54) is 37.7 Å². The van der Waals surface area contributed by atoms with Crippen LogP contribution < -0.4 is 0 Å². The van der Waals surface area contributed by atoms with E-state index >= 15 is 0 Å². The number of hydrogen-bond acceptors (Lipinski definition) is 4. The summed E-state index contributed by atoms with van der Waals surface area (Å²) < 4.78 is 12.1. The highest BCUT2D eigenvalue weighted by atomic mass is 16.7. The van der Waals surface area contributed by atoms with E-state index < -0.39 is 0 Å². The fourth-order valence-corrected chi connectivity index (χ4v) is 4.34. The molecule has 1 saturated carbocycles. The summed E-state index contributed by atoms with van der Waals surface area (Å²) in [5.41, 5.74) is 1.28. The van der Waals surface area contributed by atoms with Crippen LogP contribution in [0.5, 0.6) is 0 Å². The zero-order chi connectivity index (χ0) is 18.2. The second-order valence-electron chi connectivity index (χ2n) is 8.21. The van der Waals surface area contributed by atoms with Crippen LogP contribution in [0.2, 0.25) is 0 Å². The number of ether oxygens (including phenoxy) is 2. The van der Waals surface area contributed by atoms with Gasteiger partial charge in [0.05, 0.1) is 13.2 Å². The second-order valence-corrected chi connectivity index (χ2v) is 8.21. The zero-order valence-corrected chi connectivity index (χ0v) is 16.7. The van der Waals surface area contributed by atoms with E-state index in [9.17, 15) is 0 Å². The molecule has 0 aromatic carbocycles. The van der Waals surface area contributed by atoms with Gasteiger partial charge in [0.1, 0.15) is 5.82 Å². The summed E-state index contributed by atoms with van der Waals surface area (Å²) in [4.78, 5) is 9.35. The van der Waals surface area contributed by atoms with Crippen molar-refractivity contribution in [3.63, 3.8) is 0 Å². The SMILES string of the molecule is CCCCCc1cnc([C@H]2CC[C@H]([C@H]3OC[C@H](CCC)CO3)CC2)nc1. The Hall–Kier alpha value is -1.00. The molecule has 1 aliphatic heterocycles. The molecule has 4 heteroatoms. The smallest absolute Gasteiger partial charge is 0.160 e. The highest BCUT2D eigenvalue weighted by Crippen LogP contribution is 2.37. The molecule has 0 radical (unpaired) electrons. The summed E-state index contributed by atoms with van der Waals surface area (Å²) in [5, 5.41) is 0. The Morgan fingerprint density at radius 3 is 2.23 bits per heavy atom. The first kappa shape index (κ1) is 19.8. The highest BCUT2D eigenvalue weighted by Gasteiger charge is 2.33. The molecule has 1 aliphatic carbocycles. The Labute approximate surface area is 159 Å². The summed E-state index contributed by atoms with van der Waals surface area (Å²) in [5.74, 6) is 2.68. The second kappa shape index (κ2) is 10.4. The normalized spacial score (nSPS) is 29.6. The van der Waals surface area contributed by atoms with Crippen LogP contribution in [0.4, 0.5) is 0 Å². The third-order valence-electron chi connectivity index (χ3n) is 6.01. The molecule has 0 N–H and O–H groups in total. The Morgan fingerprint density at radius 2 is 1.62 bits per heavy atom. The maximum atomic E-state index is 6.03. The van der Waals surface area contributed by atoms with Crippen LogP contribution in [-0.4, -0.2) is 29.5 Å². The first-order chi connectivity index (χ1) is 12.8. The van der Waals surface area contributed by atoms with Crippen LogP contribution in [0.15, 0.2) is 12.4 Å². The molecule has 26 heavy (non-hydrogen) atoms. The summed E-state index contributed by atoms with van der Waals surface area (Å²) >= 11 is 0. The predicted molar refractivity (Wildman–Crippen MR) is 104 cm³/mol. The lowest BCUT2D eigenvalue weighted by molar-refractivity contribution is -0.229. The van der Waals surface area contributed by atoms with Crippen molar-refractivity contribution in [2.24, 2.45) is 11.8 Å². The number of aromatic nitrogens is 2. The van der Waals surface area contributed by atoms with Crippen molar-refractivity contribution in [2.75, 3.05) is 13.2 Å². The number of unbranched alkanes of at least 4 members (excludes halogenated alkanes) is 2. The van der Waals surface area contributed by atoms with Gasteiger partial charge in [0.15, 0.2) is 6.29 Å². The molecule has 0 amide bonds. The molecule has 1 saturated heterocycles. The Bertz CT molecular complexity index is 503. The molecule has 146 valence electrons. The van der Waals surface area contributed by atoms with Crippen LogP contribution in [0, 0.1) is 11.8 Å². The third-order valence-corrected chi connectivity index (χ3v) is 6.01. The van der Waals surface area contributed by atoms with E-state index in [4.69, 9.17) is 9.47 Å². The first-order valence-electron chi connectivity index (χ1n) is 10.8. The summed E-state index contributed by atoms with van der Waals surface area (Å²) in [6.07, 6.45) is 16.1. The van der Waals surface area contributed by atoms with Gasteiger partial charge < -0.3 is 9.47 Å². The molecule has 4 nitrogen and oxygen atoms in total. The van der Waals surface area contributed by atoms with E-state index in [-0.39, 0.29) is 6.29 Å². The monoisotopic (exact) mass is 360 g/mol. The van der Waals surface area contributed by atoms with E-state index in [0.717, 1.165) is 51.1 Å². The molecular weight excluding hydrogens is 324 g/mol. The molecule has 2 aliphatic rings. The van der Waals surface area contributed by atoms with Gasteiger partial charge in [0.25, 0.3) is 0 Å². The van der Waals surface area contributed by atoms with E-state index in [1.54, 1.807) is 0 Å². The topological polar surface area (TPSA) is 44.2 Å². The Kier molecular flexibility index (Phi) is 7.87. The van der Waals surface area contributed by atoms with Gasteiger partial charge in [0.2, 0.25) is 0 Å². The molecule has 0 atom stereocenters. The minimum absolute atomic E-state index is 0.0194. The van der Waals surface area contributed by atoms with Gasteiger partial charge in [-0.3, -0.25) is 0 Å². The minimum atomic E-state index is 0.0194. The number of hydrogen-bond donors (Lipinski definition) is 0. The molecular formula is C22H36N2O2. The van der Waals surface area contributed by atoms with E-state index in [0.29, 0.717) is 17.8 Å². The molecule has 2 heterocycles. The molecule has 3 rings (SSSR count). The zero-order valence-electron chi connectivity index (χ0n) is 16.7. The van der Waals surface area contributed by atoms with Crippen molar-refractivity contribution in [1.29, 1.82) is 0 Å². The number of nitrogens with zero attached hydrogens (tertiary/aromatic N) is 2. The van der Waals surface area contributed by atoms with Gasteiger partial charge in [-0.25, -0.2) is 9.97 Å². The first-order valence-corrected chi connectivity index (χ1v) is 10.8. The van der Waals surface area contributed by atoms with E-state index in [1.807, 2.05) is 12.4 Å². The summed E-state index contributed by atoms with van der Waals surface area (Å²) in [6, 6.07) is 0. The van der Waals surface area contributed by atoms with Gasteiger partial charge in [0, 0.05) is 30.1 Å². The highest BCUT2D eigenvalue weighted by molar-refractivity contribution is 5.08. The molecule has 0 unspecified atom stereocenters. The maximum Gasteiger partial charge on any atom is 0.160 e. The van der Waals surface area contributed by atoms with Crippen molar-refractivity contribution in [3.05, 3.63) is 23.8 Å². The van der Waals surface area contributed by atoms with Crippen LogP contribution in [0.25, 0.3) is 0 Å². The number of aryl methyl sites for hydroxylation is 1. The molecule has 1 aromatic heterocycles. The maximum absolute atomic E-state index is 6.03. The number of rotatable bonds is 8. The van der Waals surface area contributed by atoms with Gasteiger partial charge in [-0.15, -0.1) is 0 Å². The van der Waals surface area contributed by atoms with Gasteiger partial charge in [-0.05, 0) is 50.5 Å². The van der Waals surface area contributed by atoms with E-state index in [2.05, 4.69) is 23.8 Å². The fourth-order valence-electron chi connectivity index (χ4n) is 4.34. The largest absolute Gasteiger partial charge is 0.352 e. The van der Waals surface area contributed by atoms with Gasteiger partial charge >= 0.3 is 0 Å². The van der Waals surface area contributed by atoms with Gasteiger partial charge in [-0.1, -0.05) is 33.1 Å². The average Bonchev–Trinajstić information content (AvgIpc) is 2.70. The van der Waals surface area contributed by atoms with Crippen molar-refractivity contribution in [1.82, 2.24) is 9.97 Å². The predicted octanol–water partition coefficient (Wildman–Crippen LogP) is 5.27. The van der Waals surface area contributed by atoms with Crippen molar-refractivity contribution in [2.45, 2.75) is 90.3 Å². The minimum Gasteiger partial charge on any atom is -0.352 e. The average molecular weight is 361 g/mol. The van der Waals surface area contributed by atoms with Crippen LogP contribution in [-0.2, 0) is 15.9 Å². The standard InChI is InChI=1S/C22H36N2O2/c1-3-5-6-8-17-13-23-21(24-14-17)19-9-11-20(12-10-19)22-25-15-18(7-4-2)16-26-22/h13-14,18-20,22H,3-12,15-16H2,1-2H3/t18-,19-,20-,22-. The van der Waals surface area contributed by atoms with Crippen LogP contribution in [0.1, 0.15) is 88.9 Å². The van der Waals surface area contributed by atoms with Crippen LogP contribution >= 0.6 is 0 Å². The third kappa shape index (κ3) is 5.50. The summed E-state index contributed by atoms with van der Waals surface area (Å²) in [6.45, 7) is 6.22. The molecule has 0 bridgehead atoms. The Morgan fingerprint density at radius 1 is 0.923 bits per heavy atom. The molecule has 0 spiro atoms. The lowest BCUT2D eigenvalue weighted by Crippen LogP contribution is -2.38. The van der Waals surface area contributed by atoms with Crippen molar-refractivity contribution in [3.8, 4) is 0 Å². The van der Waals surface area contributed by atoms with Crippen LogP contribution in [0.3, 0.4) is 0 Å².